The van der Waals surface area contributed by atoms with Gasteiger partial charge in [0.15, 0.2) is 0 Å². The van der Waals surface area contributed by atoms with E-state index in [4.69, 9.17) is 5.73 Å². The largest absolute Gasteiger partial charge is 0.369 e. The Balaban J connectivity index is 1.55. The second kappa shape index (κ2) is 9.92. The lowest BCUT2D eigenvalue weighted by Gasteiger charge is -2.34. The number of likely N-dealkylation sites (tertiary alicyclic amines) is 1. The summed E-state index contributed by atoms with van der Waals surface area (Å²) in [7, 11) is -3.89. The highest BCUT2D eigenvalue weighted by Crippen LogP contribution is 2.28. The Labute approximate surface area is 187 Å². The van der Waals surface area contributed by atoms with Crippen molar-refractivity contribution in [2.75, 3.05) is 32.7 Å². The van der Waals surface area contributed by atoms with Gasteiger partial charge in [-0.3, -0.25) is 24.6 Å². The molecule has 2 aliphatic heterocycles. The van der Waals surface area contributed by atoms with Gasteiger partial charge in [-0.1, -0.05) is 6.07 Å². The van der Waals surface area contributed by atoms with Gasteiger partial charge >= 0.3 is 0 Å². The number of nitro benzene ring substituents is 1. The molecule has 0 aromatic heterocycles. The Kier molecular flexibility index (Phi) is 7.47. The lowest BCUT2D eigenvalue weighted by Crippen LogP contribution is -2.49. The summed E-state index contributed by atoms with van der Waals surface area (Å²) in [6.07, 6.45) is 2.25. The average Bonchev–Trinajstić information content (AvgIpc) is 2.75. The van der Waals surface area contributed by atoms with Crippen LogP contribution in [0.25, 0.3) is 0 Å². The molecule has 3 N–H and O–H groups in total. The maximum Gasteiger partial charge on any atom is 0.270 e. The van der Waals surface area contributed by atoms with Crippen molar-refractivity contribution in [3.63, 3.8) is 0 Å². The number of nitro groups is 1. The molecular formula is C20H29N5O6S. The number of benzene rings is 1. The maximum absolute atomic E-state index is 13.0. The lowest BCUT2D eigenvalue weighted by atomic mass is 9.96. The summed E-state index contributed by atoms with van der Waals surface area (Å²) in [4.78, 5) is 36.0. The Morgan fingerprint density at radius 3 is 2.34 bits per heavy atom. The molecule has 176 valence electrons. The van der Waals surface area contributed by atoms with Gasteiger partial charge in [0.1, 0.15) is 0 Å². The number of piperidine rings is 2. The number of hydrogen-bond acceptors (Lipinski definition) is 7. The van der Waals surface area contributed by atoms with Crippen LogP contribution >= 0.6 is 0 Å². The van der Waals surface area contributed by atoms with Gasteiger partial charge in [-0.15, -0.1) is 0 Å². The lowest BCUT2D eigenvalue weighted by molar-refractivity contribution is -0.385. The van der Waals surface area contributed by atoms with E-state index in [-0.39, 0.29) is 54.0 Å². The van der Waals surface area contributed by atoms with Crippen LogP contribution in [0.4, 0.5) is 5.69 Å². The highest BCUT2D eigenvalue weighted by molar-refractivity contribution is 7.89. The van der Waals surface area contributed by atoms with Crippen LogP contribution in [0.15, 0.2) is 23.1 Å². The number of carbonyl (C=O) groups excluding carboxylic acids is 2. The highest BCUT2D eigenvalue weighted by atomic mass is 32.2. The third-order valence-corrected chi connectivity index (χ3v) is 8.18. The van der Waals surface area contributed by atoms with Gasteiger partial charge in [0, 0.05) is 50.3 Å². The molecule has 0 saturated carbocycles. The summed E-state index contributed by atoms with van der Waals surface area (Å²) >= 11 is 0. The molecule has 0 bridgehead atoms. The Morgan fingerprint density at radius 2 is 1.78 bits per heavy atom. The normalized spacial score (nSPS) is 19.5. The molecule has 1 aromatic carbocycles. The van der Waals surface area contributed by atoms with E-state index in [1.54, 1.807) is 6.92 Å². The minimum Gasteiger partial charge on any atom is -0.369 e. The number of sulfonamides is 1. The maximum atomic E-state index is 13.0. The van der Waals surface area contributed by atoms with Crippen molar-refractivity contribution in [3.8, 4) is 0 Å². The van der Waals surface area contributed by atoms with Crippen molar-refractivity contribution in [3.05, 3.63) is 33.9 Å². The standard InChI is InChI=1S/C20H29N5O6S/c1-14-2-3-17(25(28)29)12-18(14)32(30,31)24-10-4-15(5-11-24)20(27)22-16-6-8-23(9-7-16)13-19(21)26/h2-3,12,15-16H,4-11,13H2,1H3,(H2,21,26)(H,22,27). The highest BCUT2D eigenvalue weighted by Gasteiger charge is 2.34. The number of nitrogens with two attached hydrogens (primary N) is 1. The molecule has 0 aliphatic carbocycles. The molecule has 2 fully saturated rings. The predicted octanol–water partition coefficient (Wildman–Crippen LogP) is 0.370. The van der Waals surface area contributed by atoms with E-state index in [0.717, 1.165) is 18.9 Å². The van der Waals surface area contributed by atoms with Crippen LogP contribution < -0.4 is 11.1 Å². The number of hydrogen-bond donors (Lipinski definition) is 2. The number of nitrogens with zero attached hydrogens (tertiary/aromatic N) is 3. The third-order valence-electron chi connectivity index (χ3n) is 6.14. The zero-order valence-corrected chi connectivity index (χ0v) is 18.8. The number of non-ortho nitro benzene ring substituents is 1. The summed E-state index contributed by atoms with van der Waals surface area (Å²) in [5.41, 5.74) is 5.39. The van der Waals surface area contributed by atoms with E-state index in [2.05, 4.69) is 5.32 Å². The van der Waals surface area contributed by atoms with E-state index in [9.17, 15) is 28.1 Å². The minimum absolute atomic E-state index is 0.0286. The summed E-state index contributed by atoms with van der Waals surface area (Å²) in [5.74, 6) is -0.729. The van der Waals surface area contributed by atoms with Crippen molar-refractivity contribution in [1.29, 1.82) is 0 Å². The monoisotopic (exact) mass is 467 g/mol. The molecule has 2 heterocycles. The molecule has 1 aromatic rings. The molecule has 2 aliphatic rings. The number of amides is 2. The van der Waals surface area contributed by atoms with Gasteiger partial charge < -0.3 is 11.1 Å². The van der Waals surface area contributed by atoms with E-state index in [1.807, 2.05) is 4.90 Å². The van der Waals surface area contributed by atoms with Crippen molar-refractivity contribution in [1.82, 2.24) is 14.5 Å². The summed E-state index contributed by atoms with van der Waals surface area (Å²) in [6.45, 7) is 3.56. The van der Waals surface area contributed by atoms with E-state index in [1.165, 1.54) is 16.4 Å². The summed E-state index contributed by atoms with van der Waals surface area (Å²) < 4.78 is 27.4. The van der Waals surface area contributed by atoms with Crippen molar-refractivity contribution in [2.24, 2.45) is 11.7 Å². The molecule has 12 heteroatoms. The summed E-state index contributed by atoms with van der Waals surface area (Å²) in [6, 6.07) is 3.83. The molecule has 0 unspecified atom stereocenters. The Bertz CT molecular complexity index is 982. The second-order valence-electron chi connectivity index (χ2n) is 8.41. The molecule has 32 heavy (non-hydrogen) atoms. The fourth-order valence-electron chi connectivity index (χ4n) is 4.25. The quantitative estimate of drug-likeness (QED) is 0.433. The van der Waals surface area contributed by atoms with E-state index < -0.39 is 14.9 Å². The zero-order valence-electron chi connectivity index (χ0n) is 18.0. The molecular weight excluding hydrogens is 438 g/mol. The smallest absolute Gasteiger partial charge is 0.270 e. The number of primary amides is 1. The van der Waals surface area contributed by atoms with E-state index >= 15 is 0 Å². The average molecular weight is 468 g/mol. The van der Waals surface area contributed by atoms with Crippen molar-refractivity contribution in [2.45, 2.75) is 43.5 Å². The molecule has 2 amide bonds. The van der Waals surface area contributed by atoms with Gasteiger partial charge in [-0.25, -0.2) is 8.42 Å². The number of carbonyl (C=O) groups is 2. The predicted molar refractivity (Wildman–Crippen MR) is 116 cm³/mol. The van der Waals surface area contributed by atoms with Crippen LogP contribution in [0, 0.1) is 23.0 Å². The van der Waals surface area contributed by atoms with Gasteiger partial charge in [-0.05, 0) is 38.2 Å². The van der Waals surface area contributed by atoms with Crippen LogP contribution in [0.3, 0.4) is 0 Å². The topological polar surface area (TPSA) is 156 Å². The molecule has 2 saturated heterocycles. The number of aryl methyl sites for hydroxylation is 1. The summed E-state index contributed by atoms with van der Waals surface area (Å²) in [5, 5.41) is 14.1. The Morgan fingerprint density at radius 1 is 1.16 bits per heavy atom. The first-order valence-corrected chi connectivity index (χ1v) is 12.1. The van der Waals surface area contributed by atoms with Crippen LogP contribution in [-0.2, 0) is 19.6 Å². The number of nitrogens with one attached hydrogen (secondary N) is 1. The van der Waals surface area contributed by atoms with Crippen molar-refractivity contribution < 1.29 is 22.9 Å². The SMILES string of the molecule is Cc1ccc([N+](=O)[O-])cc1S(=O)(=O)N1CCC(C(=O)NC2CCN(CC(N)=O)CC2)CC1. The molecule has 3 rings (SSSR count). The van der Waals surface area contributed by atoms with Gasteiger partial charge in [0.25, 0.3) is 5.69 Å². The first-order chi connectivity index (χ1) is 15.1. The molecule has 0 spiro atoms. The van der Waals surface area contributed by atoms with Crippen LogP contribution in [-0.4, -0.2) is 73.1 Å². The van der Waals surface area contributed by atoms with Gasteiger partial charge in [0.2, 0.25) is 21.8 Å². The zero-order chi connectivity index (χ0) is 23.5. The second-order valence-corrected chi connectivity index (χ2v) is 10.3. The molecule has 11 nitrogen and oxygen atoms in total. The van der Waals surface area contributed by atoms with Gasteiger partial charge in [-0.2, -0.15) is 4.31 Å². The third kappa shape index (κ3) is 5.61. The number of rotatable bonds is 7. The van der Waals surface area contributed by atoms with E-state index in [0.29, 0.717) is 31.5 Å². The fraction of sp³-hybridized carbons (Fsp3) is 0.600. The van der Waals surface area contributed by atoms with Crippen molar-refractivity contribution >= 4 is 27.5 Å². The van der Waals surface area contributed by atoms with Gasteiger partial charge in [0.05, 0.1) is 16.4 Å². The molecule has 0 atom stereocenters. The first-order valence-electron chi connectivity index (χ1n) is 10.6. The first kappa shape index (κ1) is 24.1. The molecule has 0 radical (unpaired) electrons. The van der Waals surface area contributed by atoms with Crippen LogP contribution in [0.5, 0.6) is 0 Å². The minimum atomic E-state index is -3.89. The Hall–Kier alpha value is -2.57. The van der Waals surface area contributed by atoms with Crippen LogP contribution in [0.1, 0.15) is 31.2 Å². The van der Waals surface area contributed by atoms with Crippen LogP contribution in [0.2, 0.25) is 0 Å². The fourth-order valence-corrected chi connectivity index (χ4v) is 5.97.